The van der Waals surface area contributed by atoms with Gasteiger partial charge in [0.1, 0.15) is 5.82 Å². The van der Waals surface area contributed by atoms with Crippen molar-refractivity contribution in [3.8, 4) is 0 Å². The summed E-state index contributed by atoms with van der Waals surface area (Å²) in [6, 6.07) is 3.91. The van der Waals surface area contributed by atoms with Gasteiger partial charge in [0, 0.05) is 30.7 Å². The van der Waals surface area contributed by atoms with Crippen LogP contribution in [0.4, 0.5) is 14.9 Å². The molecule has 23 heavy (non-hydrogen) atoms. The van der Waals surface area contributed by atoms with Crippen molar-refractivity contribution in [2.45, 2.75) is 26.2 Å². The molecule has 5 nitrogen and oxygen atoms in total. The Morgan fingerprint density at radius 2 is 2.17 bits per heavy atom. The average Bonchev–Trinajstić information content (AvgIpc) is 2.96. The summed E-state index contributed by atoms with van der Waals surface area (Å²) in [4.78, 5) is 25.7. The van der Waals surface area contributed by atoms with Gasteiger partial charge in [-0.1, -0.05) is 0 Å². The maximum absolute atomic E-state index is 13.6. The summed E-state index contributed by atoms with van der Waals surface area (Å²) in [6.07, 6.45) is 3.24. The Bertz CT molecular complexity index is 626. The molecule has 2 aliphatic rings. The minimum atomic E-state index is -0.565. The normalized spacial score (nSPS) is 24.0. The molecule has 2 fully saturated rings. The van der Waals surface area contributed by atoms with Crippen LogP contribution in [-0.4, -0.2) is 42.9 Å². The Labute approximate surface area is 135 Å². The van der Waals surface area contributed by atoms with Gasteiger partial charge in [0.05, 0.1) is 5.56 Å². The zero-order valence-electron chi connectivity index (χ0n) is 13.3. The molecule has 2 heterocycles. The largest absolute Gasteiger partial charge is 0.324 e. The van der Waals surface area contributed by atoms with E-state index in [1.807, 2.05) is 4.90 Å². The molecule has 2 amide bonds. The number of carbonyl (C=O) groups excluding carboxylic acids is 2. The second kappa shape index (κ2) is 6.28. The lowest BCUT2D eigenvalue weighted by molar-refractivity contribution is 0.101. The first-order valence-corrected chi connectivity index (χ1v) is 8.06. The van der Waals surface area contributed by atoms with Crippen LogP contribution in [0, 0.1) is 11.2 Å². The molecule has 1 atom stereocenters. The molecule has 0 saturated carbocycles. The number of ketones is 1. The van der Waals surface area contributed by atoms with Gasteiger partial charge in [-0.15, -0.1) is 0 Å². The maximum atomic E-state index is 13.6. The van der Waals surface area contributed by atoms with Crippen LogP contribution in [0.25, 0.3) is 0 Å². The van der Waals surface area contributed by atoms with Crippen molar-refractivity contribution >= 4 is 17.5 Å². The summed E-state index contributed by atoms with van der Waals surface area (Å²) in [5.41, 5.74) is 0.645. The number of halogens is 1. The Morgan fingerprint density at radius 3 is 2.87 bits per heavy atom. The quantitative estimate of drug-likeness (QED) is 0.824. The van der Waals surface area contributed by atoms with Crippen molar-refractivity contribution < 1.29 is 14.0 Å². The number of nitrogens with one attached hydrogen (secondary N) is 2. The smallest absolute Gasteiger partial charge is 0.321 e. The van der Waals surface area contributed by atoms with Crippen molar-refractivity contribution in [2.24, 2.45) is 5.41 Å². The number of hydrogen-bond donors (Lipinski definition) is 2. The number of Topliss-reactive ketones (excluding diaryl/α,β-unsaturated/α-hetero) is 1. The van der Waals surface area contributed by atoms with E-state index in [0.717, 1.165) is 45.4 Å². The molecule has 2 saturated heterocycles. The molecule has 1 unspecified atom stereocenters. The van der Waals surface area contributed by atoms with E-state index in [4.69, 9.17) is 0 Å². The Hall–Kier alpha value is -1.95. The summed E-state index contributed by atoms with van der Waals surface area (Å²) in [5, 5.41) is 6.17. The fourth-order valence-electron chi connectivity index (χ4n) is 3.60. The summed E-state index contributed by atoms with van der Waals surface area (Å²) in [5.74, 6) is -0.919. The number of likely N-dealkylation sites (tertiary alicyclic amines) is 1. The first-order valence-electron chi connectivity index (χ1n) is 8.06. The first-order chi connectivity index (χ1) is 11.0. The molecule has 2 aliphatic heterocycles. The molecular weight excluding hydrogens is 297 g/mol. The highest BCUT2D eigenvalue weighted by Crippen LogP contribution is 2.35. The second-order valence-electron chi connectivity index (χ2n) is 6.63. The topological polar surface area (TPSA) is 61.4 Å². The maximum Gasteiger partial charge on any atom is 0.321 e. The molecule has 1 aromatic carbocycles. The number of urea groups is 1. The fraction of sp³-hybridized carbons (Fsp3) is 0.529. The van der Waals surface area contributed by atoms with Crippen molar-refractivity contribution in [1.29, 1.82) is 0 Å². The van der Waals surface area contributed by atoms with Crippen LogP contribution in [0.1, 0.15) is 36.5 Å². The van der Waals surface area contributed by atoms with Gasteiger partial charge in [-0.25, -0.2) is 9.18 Å². The molecule has 1 aromatic rings. The van der Waals surface area contributed by atoms with Gasteiger partial charge in [-0.05, 0) is 50.9 Å². The molecule has 124 valence electrons. The Morgan fingerprint density at radius 1 is 1.35 bits per heavy atom. The number of nitrogens with zero attached hydrogens (tertiary/aromatic N) is 1. The van der Waals surface area contributed by atoms with Gasteiger partial charge in [0.2, 0.25) is 0 Å². The summed E-state index contributed by atoms with van der Waals surface area (Å²) in [6.45, 7) is 4.75. The summed E-state index contributed by atoms with van der Waals surface area (Å²) < 4.78 is 13.6. The van der Waals surface area contributed by atoms with Crippen LogP contribution < -0.4 is 10.6 Å². The first kappa shape index (κ1) is 15.9. The lowest BCUT2D eigenvalue weighted by Crippen LogP contribution is -2.48. The highest BCUT2D eigenvalue weighted by Gasteiger charge is 2.39. The van der Waals surface area contributed by atoms with E-state index < -0.39 is 5.82 Å². The van der Waals surface area contributed by atoms with Crippen LogP contribution in [0.2, 0.25) is 0 Å². The van der Waals surface area contributed by atoms with E-state index in [1.54, 1.807) is 0 Å². The molecule has 0 aliphatic carbocycles. The predicted molar refractivity (Wildman–Crippen MR) is 86.1 cm³/mol. The molecule has 6 heteroatoms. The van der Waals surface area contributed by atoms with E-state index in [2.05, 4.69) is 10.6 Å². The second-order valence-corrected chi connectivity index (χ2v) is 6.63. The van der Waals surface area contributed by atoms with Crippen molar-refractivity contribution in [3.63, 3.8) is 0 Å². The monoisotopic (exact) mass is 319 g/mol. The van der Waals surface area contributed by atoms with Crippen LogP contribution in [0.15, 0.2) is 18.2 Å². The van der Waals surface area contributed by atoms with E-state index in [0.29, 0.717) is 5.69 Å². The molecule has 3 rings (SSSR count). The molecule has 2 N–H and O–H groups in total. The number of rotatable bonds is 2. The zero-order chi connectivity index (χ0) is 16.4. The number of piperidine rings is 1. The zero-order valence-corrected chi connectivity index (χ0v) is 13.3. The minimum Gasteiger partial charge on any atom is -0.324 e. The number of anilines is 1. The van der Waals surface area contributed by atoms with Gasteiger partial charge in [-0.2, -0.15) is 0 Å². The molecule has 0 bridgehead atoms. The highest BCUT2D eigenvalue weighted by atomic mass is 19.1. The van der Waals surface area contributed by atoms with Crippen LogP contribution in [0.3, 0.4) is 0 Å². The third kappa shape index (κ3) is 3.37. The molecule has 0 aromatic heterocycles. The third-order valence-electron chi connectivity index (χ3n) is 4.88. The van der Waals surface area contributed by atoms with E-state index in [1.165, 1.54) is 25.1 Å². The van der Waals surface area contributed by atoms with Gasteiger partial charge < -0.3 is 15.5 Å². The molecule has 0 radical (unpaired) electrons. The number of amides is 2. The van der Waals surface area contributed by atoms with E-state index in [9.17, 15) is 14.0 Å². The van der Waals surface area contributed by atoms with Crippen molar-refractivity contribution in [3.05, 3.63) is 29.6 Å². The SMILES string of the molecule is CC(=O)c1cc(NC(=O)N2CCCC3(CCNC3)C2)ccc1F. The van der Waals surface area contributed by atoms with Crippen molar-refractivity contribution in [2.75, 3.05) is 31.5 Å². The highest BCUT2D eigenvalue weighted by molar-refractivity contribution is 5.97. The van der Waals surface area contributed by atoms with Gasteiger partial charge >= 0.3 is 6.03 Å². The lowest BCUT2D eigenvalue weighted by Gasteiger charge is -2.39. The number of carbonyl (C=O) groups is 2. The van der Waals surface area contributed by atoms with Crippen LogP contribution in [0.5, 0.6) is 0 Å². The number of benzene rings is 1. The minimum absolute atomic E-state index is 0.00194. The third-order valence-corrected chi connectivity index (χ3v) is 4.88. The van der Waals surface area contributed by atoms with Gasteiger partial charge in [0.25, 0.3) is 0 Å². The van der Waals surface area contributed by atoms with Gasteiger partial charge in [0.15, 0.2) is 5.78 Å². The van der Waals surface area contributed by atoms with Crippen LogP contribution in [-0.2, 0) is 0 Å². The molecule has 1 spiro atoms. The van der Waals surface area contributed by atoms with E-state index >= 15 is 0 Å². The fourth-order valence-corrected chi connectivity index (χ4v) is 3.60. The lowest BCUT2D eigenvalue weighted by atomic mass is 9.79. The van der Waals surface area contributed by atoms with Gasteiger partial charge in [-0.3, -0.25) is 4.79 Å². The standard InChI is InChI=1S/C17H22FN3O2/c1-12(22)14-9-13(3-4-15(14)18)20-16(23)21-8-2-5-17(11-21)6-7-19-10-17/h3-4,9,19H,2,5-8,10-11H2,1H3,(H,20,23). The number of hydrogen-bond acceptors (Lipinski definition) is 3. The Balaban J connectivity index is 1.69. The molecular formula is C17H22FN3O2. The van der Waals surface area contributed by atoms with E-state index in [-0.39, 0.29) is 22.8 Å². The predicted octanol–water partition coefficient (Wildman–Crippen LogP) is 2.64. The summed E-state index contributed by atoms with van der Waals surface area (Å²) >= 11 is 0. The Kier molecular flexibility index (Phi) is 4.35. The average molecular weight is 319 g/mol. The summed E-state index contributed by atoms with van der Waals surface area (Å²) in [7, 11) is 0. The van der Waals surface area contributed by atoms with Crippen LogP contribution >= 0.6 is 0 Å². The van der Waals surface area contributed by atoms with Crippen molar-refractivity contribution in [1.82, 2.24) is 10.2 Å².